The highest BCUT2D eigenvalue weighted by molar-refractivity contribution is 7.79. The lowest BCUT2D eigenvalue weighted by atomic mass is 15.8. The van der Waals surface area contributed by atoms with Gasteiger partial charge in [-0.05, 0) is 0 Å². The smallest absolute Gasteiger partial charge is 0.394 e. The van der Waals surface area contributed by atoms with E-state index in [0.29, 0.717) is 0 Å². The molecule has 0 fully saturated rings. The fraction of sp³-hybridized carbons (Fsp3) is 0. The van der Waals surface area contributed by atoms with Gasteiger partial charge in [-0.1, -0.05) is 0 Å². The average Bonchev–Trinajstić information content (AvgIpc) is 0.722. The molecule has 0 radical (unpaired) electrons. The second-order valence-corrected chi connectivity index (χ2v) is 1.34. The van der Waals surface area contributed by atoms with Crippen molar-refractivity contribution in [2.45, 2.75) is 0 Å². The van der Waals surface area contributed by atoms with Crippen LogP contribution in [-0.4, -0.2) is 57.7 Å². The Morgan fingerprint density at radius 3 is 1.00 bits per heavy atom. The van der Waals surface area contributed by atoms with Crippen LogP contribution in [0.15, 0.2) is 0 Å². The molecule has 8 heavy (non-hydrogen) atoms. The summed E-state index contributed by atoms with van der Waals surface area (Å²) in [5.41, 5.74) is 0. The van der Waals surface area contributed by atoms with E-state index in [2.05, 4.69) is 0 Å². The fourth-order valence-corrected chi connectivity index (χ4v) is 0. The van der Waals surface area contributed by atoms with E-state index in [1.165, 1.54) is 0 Å². The molecular weight excluding hydrogens is 166 g/mol. The molecule has 52 valence electrons. The van der Waals surface area contributed by atoms with Crippen molar-refractivity contribution in [3.05, 3.63) is 0 Å². The van der Waals surface area contributed by atoms with E-state index in [0.717, 1.165) is 0 Å². The molecule has 0 amide bonds. The van der Waals surface area contributed by atoms with Crippen molar-refractivity contribution in [3.8, 4) is 0 Å². The van der Waals surface area contributed by atoms with Crippen molar-refractivity contribution in [3.63, 3.8) is 0 Å². The van der Waals surface area contributed by atoms with E-state index >= 15 is 0 Å². The van der Waals surface area contributed by atoms with Gasteiger partial charge in [0.1, 0.15) is 0 Å². The molecule has 0 saturated carbocycles. The molecule has 0 aliphatic heterocycles. The normalized spacial score (nSPS) is 7.25. The first-order chi connectivity index (χ1) is 2.00. The zero-order valence-electron chi connectivity index (χ0n) is 2.62. The molecule has 8 heteroatoms. The van der Waals surface area contributed by atoms with E-state index in [9.17, 15) is 0 Å². The molecular formula is H10Al2O5S. The largest absolute Gasteiger partial charge is 0.412 e. The van der Waals surface area contributed by atoms with E-state index in [4.69, 9.17) is 17.5 Å². The molecule has 0 heterocycles. The highest BCUT2D eigenvalue weighted by Crippen LogP contribution is 1.59. The summed E-state index contributed by atoms with van der Waals surface area (Å²) in [6, 6.07) is 0. The third-order valence-electron chi connectivity index (χ3n) is 0. The van der Waals surface area contributed by atoms with Gasteiger partial charge in [-0.2, -0.15) is 8.42 Å². The van der Waals surface area contributed by atoms with Crippen LogP contribution in [-0.2, 0) is 10.4 Å². The number of hydrogen-bond acceptors (Lipinski definition) is 2. The molecule has 0 aromatic carbocycles. The lowest BCUT2D eigenvalue weighted by Gasteiger charge is -1.68. The minimum atomic E-state index is -4.67. The topological polar surface area (TPSA) is 106 Å². The molecule has 0 atom stereocenters. The predicted octanol–water partition coefficient (Wildman–Crippen LogP) is -3.85. The zero-order valence-corrected chi connectivity index (χ0v) is 3.44. The Bertz CT molecular complexity index is 93.6. The van der Waals surface area contributed by atoms with Crippen molar-refractivity contribution < 1.29 is 23.0 Å². The van der Waals surface area contributed by atoms with Crippen LogP contribution < -0.4 is 0 Å². The maximum absolute atomic E-state index is 8.74. The Morgan fingerprint density at radius 1 is 1.00 bits per heavy atom. The Labute approximate surface area is 68.2 Å². The molecule has 0 aliphatic carbocycles. The van der Waals surface area contributed by atoms with Gasteiger partial charge in [0.15, 0.2) is 34.7 Å². The summed E-state index contributed by atoms with van der Waals surface area (Å²) in [6.45, 7) is 0. The first-order valence-electron chi connectivity index (χ1n) is 0.698. The van der Waals surface area contributed by atoms with Gasteiger partial charge in [0.2, 0.25) is 0 Å². The molecule has 0 aliphatic rings. The van der Waals surface area contributed by atoms with Gasteiger partial charge in [-0.25, -0.2) is 0 Å². The first-order valence-corrected chi connectivity index (χ1v) is 2.10. The molecule has 0 aromatic heterocycles. The summed E-state index contributed by atoms with van der Waals surface area (Å²) in [4.78, 5) is 0. The molecule has 0 rings (SSSR count). The molecule has 0 saturated heterocycles. The standard InChI is InChI=1S/2Al.H2O4S.H2O.6H/c;;1-5(2,3)4;;;;;;;/h;;(H2,1,2,3,4);1H2;;;;;;. The molecule has 0 aromatic rings. The van der Waals surface area contributed by atoms with Gasteiger partial charge in [-0.3, -0.25) is 9.11 Å². The summed E-state index contributed by atoms with van der Waals surface area (Å²) >= 11 is 0. The van der Waals surface area contributed by atoms with Crippen molar-refractivity contribution >= 4 is 45.1 Å². The highest BCUT2D eigenvalue weighted by atomic mass is 32.3. The summed E-state index contributed by atoms with van der Waals surface area (Å²) in [7, 11) is -4.67. The van der Waals surface area contributed by atoms with Crippen LogP contribution in [0.4, 0.5) is 0 Å². The van der Waals surface area contributed by atoms with Crippen LogP contribution >= 0.6 is 0 Å². The Kier molecular flexibility index (Phi) is 22.8. The number of rotatable bonds is 0. The van der Waals surface area contributed by atoms with Gasteiger partial charge >= 0.3 is 10.4 Å². The minimum absolute atomic E-state index is 0. The maximum Gasteiger partial charge on any atom is 0.394 e. The van der Waals surface area contributed by atoms with Gasteiger partial charge in [0.25, 0.3) is 0 Å². The van der Waals surface area contributed by atoms with Gasteiger partial charge in [0.05, 0.1) is 0 Å². The maximum atomic E-state index is 8.74. The van der Waals surface area contributed by atoms with Gasteiger partial charge < -0.3 is 5.48 Å². The second-order valence-electron chi connectivity index (χ2n) is 0.448. The first kappa shape index (κ1) is 23.1. The minimum Gasteiger partial charge on any atom is -0.412 e. The number of hydrogen-bond donors (Lipinski definition) is 2. The molecule has 0 bridgehead atoms. The summed E-state index contributed by atoms with van der Waals surface area (Å²) < 4.78 is 31.6. The monoisotopic (exact) mass is 176 g/mol. The Balaban J connectivity index is -0.0000000267. The van der Waals surface area contributed by atoms with Crippen molar-refractivity contribution in [2.24, 2.45) is 0 Å². The van der Waals surface area contributed by atoms with Gasteiger partial charge in [0, 0.05) is 0 Å². The van der Waals surface area contributed by atoms with Crippen LogP contribution in [0.3, 0.4) is 0 Å². The SMILES string of the molecule is O.O=S(=O)(O)O.[AlH3].[AlH3]. The lowest BCUT2D eigenvalue weighted by molar-refractivity contribution is 0.381. The molecule has 0 unspecified atom stereocenters. The van der Waals surface area contributed by atoms with Crippen LogP contribution in [0.5, 0.6) is 0 Å². The van der Waals surface area contributed by atoms with Gasteiger partial charge in [-0.15, -0.1) is 0 Å². The van der Waals surface area contributed by atoms with Crippen LogP contribution in [0.2, 0.25) is 0 Å². The van der Waals surface area contributed by atoms with Crippen molar-refractivity contribution in [2.75, 3.05) is 0 Å². The molecule has 5 nitrogen and oxygen atoms in total. The quantitative estimate of drug-likeness (QED) is 0.291. The van der Waals surface area contributed by atoms with Crippen molar-refractivity contribution in [1.82, 2.24) is 0 Å². The van der Waals surface area contributed by atoms with Crippen molar-refractivity contribution in [1.29, 1.82) is 0 Å². The van der Waals surface area contributed by atoms with E-state index in [-0.39, 0.29) is 40.2 Å². The highest BCUT2D eigenvalue weighted by Gasteiger charge is 1.84. The van der Waals surface area contributed by atoms with Crippen LogP contribution in [0, 0.1) is 0 Å². The van der Waals surface area contributed by atoms with Crippen LogP contribution in [0.1, 0.15) is 0 Å². The average molecular weight is 176 g/mol. The summed E-state index contributed by atoms with van der Waals surface area (Å²) in [6.07, 6.45) is 0. The third kappa shape index (κ3) is 299. The molecule has 0 spiro atoms. The van der Waals surface area contributed by atoms with E-state index in [1.807, 2.05) is 0 Å². The lowest BCUT2D eigenvalue weighted by Crippen LogP contribution is -1.89. The molecule has 4 N–H and O–H groups in total. The fourth-order valence-electron chi connectivity index (χ4n) is 0. The van der Waals surface area contributed by atoms with E-state index < -0.39 is 10.4 Å². The predicted molar refractivity (Wildman–Crippen MR) is 37.7 cm³/mol. The van der Waals surface area contributed by atoms with E-state index in [1.54, 1.807) is 0 Å². The second kappa shape index (κ2) is 7.89. The Hall–Kier alpha value is 0.895. The zero-order chi connectivity index (χ0) is 4.50. The summed E-state index contributed by atoms with van der Waals surface area (Å²) in [5, 5.41) is 0. The third-order valence-corrected chi connectivity index (χ3v) is 0. The van der Waals surface area contributed by atoms with Crippen LogP contribution in [0.25, 0.3) is 0 Å². The Morgan fingerprint density at radius 2 is 1.00 bits per heavy atom. The summed E-state index contributed by atoms with van der Waals surface area (Å²) in [5.74, 6) is 0.